The summed E-state index contributed by atoms with van der Waals surface area (Å²) < 4.78 is 89.2. The van der Waals surface area contributed by atoms with Gasteiger partial charge in [-0.3, -0.25) is 0 Å². The summed E-state index contributed by atoms with van der Waals surface area (Å²) in [6.07, 6.45) is -4.57. The molecule has 35 heavy (non-hydrogen) atoms. The van der Waals surface area contributed by atoms with Crippen molar-refractivity contribution in [3.8, 4) is 16.9 Å². The molecule has 0 aliphatic carbocycles. The summed E-state index contributed by atoms with van der Waals surface area (Å²) in [5.74, 6) is -2.93. The topological polar surface area (TPSA) is 18.5 Å². The molecule has 0 atom stereocenters. The Morgan fingerprint density at radius 3 is 2.17 bits per heavy atom. The van der Waals surface area contributed by atoms with E-state index in [1.807, 2.05) is 0 Å². The quantitative estimate of drug-likeness (QED) is 0.247. The molecule has 2 nitrogen and oxygen atoms in total. The highest BCUT2D eigenvalue weighted by atomic mass is 19.4. The first kappa shape index (κ1) is 24.6. The molecular formula is C27H20F6O2. The van der Waals surface area contributed by atoms with Crippen molar-refractivity contribution in [3.05, 3.63) is 101 Å². The number of halogens is 6. The minimum atomic E-state index is -4.99. The van der Waals surface area contributed by atoms with E-state index >= 15 is 4.39 Å². The van der Waals surface area contributed by atoms with Crippen molar-refractivity contribution in [3.63, 3.8) is 0 Å². The van der Waals surface area contributed by atoms with Crippen molar-refractivity contribution < 1.29 is 35.8 Å². The summed E-state index contributed by atoms with van der Waals surface area (Å²) in [4.78, 5) is 0. The van der Waals surface area contributed by atoms with Crippen molar-refractivity contribution in [1.29, 1.82) is 0 Å². The number of hydrogen-bond donors (Lipinski definition) is 0. The van der Waals surface area contributed by atoms with Gasteiger partial charge in [0.1, 0.15) is 11.6 Å². The number of ether oxygens (including phenoxy) is 2. The van der Waals surface area contributed by atoms with Crippen LogP contribution in [-0.4, -0.2) is 13.5 Å². The van der Waals surface area contributed by atoms with Gasteiger partial charge in [0.15, 0.2) is 11.6 Å². The van der Waals surface area contributed by atoms with Gasteiger partial charge in [-0.1, -0.05) is 42.5 Å². The smallest absolute Gasteiger partial charge is 0.403 e. The average Bonchev–Trinajstić information content (AvgIpc) is 2.80. The van der Waals surface area contributed by atoms with Crippen molar-refractivity contribution >= 4 is 10.8 Å². The molecule has 4 aromatic carbocycles. The minimum Gasteiger partial charge on any atom is -0.403 e. The lowest BCUT2D eigenvalue weighted by Gasteiger charge is -2.12. The maximum atomic E-state index is 15.1. The van der Waals surface area contributed by atoms with E-state index in [0.29, 0.717) is 45.2 Å². The van der Waals surface area contributed by atoms with E-state index in [1.54, 1.807) is 42.5 Å². The summed E-state index contributed by atoms with van der Waals surface area (Å²) in [5.41, 5.74) is 2.46. The highest BCUT2D eigenvalue weighted by Crippen LogP contribution is 2.31. The van der Waals surface area contributed by atoms with Crippen molar-refractivity contribution in [1.82, 2.24) is 0 Å². The van der Waals surface area contributed by atoms with Gasteiger partial charge >= 0.3 is 6.36 Å². The third kappa shape index (κ3) is 5.77. The molecule has 0 saturated heterocycles. The van der Waals surface area contributed by atoms with E-state index in [4.69, 9.17) is 4.74 Å². The molecule has 0 amide bonds. The Hall–Kier alpha value is -3.52. The molecule has 4 aromatic rings. The first-order valence-electron chi connectivity index (χ1n) is 10.7. The monoisotopic (exact) mass is 490 g/mol. The third-order valence-corrected chi connectivity index (χ3v) is 5.59. The molecule has 0 unspecified atom stereocenters. The van der Waals surface area contributed by atoms with Crippen LogP contribution in [0.5, 0.6) is 5.75 Å². The highest BCUT2D eigenvalue weighted by molar-refractivity contribution is 5.88. The van der Waals surface area contributed by atoms with E-state index < -0.39 is 29.6 Å². The molecule has 182 valence electrons. The number of rotatable bonds is 7. The standard InChI is InChI=1S/C27H20F6O2/c1-34-15-17-3-9-21(23(28)13-17)19-8-10-22-20(14-19)7-6-18(26(22)30)5-2-16-4-11-25(24(29)12-16)35-27(31,32)33/h3-4,6-14H,2,5,15H2,1H3. The molecular weight excluding hydrogens is 470 g/mol. The molecule has 0 aliphatic heterocycles. The van der Waals surface area contributed by atoms with Crippen molar-refractivity contribution in [2.75, 3.05) is 7.11 Å². The van der Waals surface area contributed by atoms with Gasteiger partial charge in [-0.2, -0.15) is 0 Å². The molecule has 0 aliphatic rings. The van der Waals surface area contributed by atoms with Crippen LogP contribution in [0.4, 0.5) is 26.3 Å². The molecule has 0 fully saturated rings. The SMILES string of the molecule is COCc1ccc(-c2ccc3c(F)c(CCc4ccc(OC(F)(F)F)c(F)c4)ccc3c2)c(F)c1. The Labute approximate surface area is 197 Å². The number of hydrogen-bond acceptors (Lipinski definition) is 2. The lowest BCUT2D eigenvalue weighted by Crippen LogP contribution is -2.18. The molecule has 4 rings (SSSR count). The zero-order chi connectivity index (χ0) is 25.2. The van der Waals surface area contributed by atoms with Crippen LogP contribution < -0.4 is 4.74 Å². The second-order valence-electron chi connectivity index (χ2n) is 8.03. The van der Waals surface area contributed by atoms with Crippen LogP contribution in [0.2, 0.25) is 0 Å². The second kappa shape index (κ2) is 10.00. The van der Waals surface area contributed by atoms with Crippen LogP contribution in [0.1, 0.15) is 16.7 Å². The first-order valence-corrected chi connectivity index (χ1v) is 10.7. The van der Waals surface area contributed by atoms with E-state index in [1.165, 1.54) is 19.2 Å². The molecule has 0 radical (unpaired) electrons. The summed E-state index contributed by atoms with van der Waals surface area (Å²) in [6.45, 7) is 0.293. The predicted octanol–water partition coefficient (Wildman–Crippen LogP) is 7.75. The molecule has 0 spiro atoms. The van der Waals surface area contributed by atoms with Gasteiger partial charge in [0.25, 0.3) is 0 Å². The summed E-state index contributed by atoms with van der Waals surface area (Å²) in [5, 5.41) is 0.937. The van der Waals surface area contributed by atoms with Crippen LogP contribution in [0.25, 0.3) is 21.9 Å². The normalized spacial score (nSPS) is 11.7. The van der Waals surface area contributed by atoms with E-state index in [9.17, 15) is 22.0 Å². The average molecular weight is 490 g/mol. The van der Waals surface area contributed by atoms with E-state index in [-0.39, 0.29) is 12.8 Å². The van der Waals surface area contributed by atoms with Crippen LogP contribution >= 0.6 is 0 Å². The van der Waals surface area contributed by atoms with Crippen LogP contribution in [-0.2, 0) is 24.2 Å². The number of fused-ring (bicyclic) bond motifs is 1. The van der Waals surface area contributed by atoms with E-state index in [0.717, 1.165) is 12.1 Å². The maximum Gasteiger partial charge on any atom is 0.573 e. The zero-order valence-corrected chi connectivity index (χ0v) is 18.6. The summed E-state index contributed by atoms with van der Waals surface area (Å²) in [7, 11) is 1.53. The Morgan fingerprint density at radius 2 is 1.49 bits per heavy atom. The number of aryl methyl sites for hydroxylation is 2. The van der Waals surface area contributed by atoms with Crippen molar-refractivity contribution in [2.45, 2.75) is 25.8 Å². The molecule has 0 N–H and O–H groups in total. The lowest BCUT2D eigenvalue weighted by molar-refractivity contribution is -0.275. The number of methoxy groups -OCH3 is 1. The zero-order valence-electron chi connectivity index (χ0n) is 18.6. The predicted molar refractivity (Wildman–Crippen MR) is 121 cm³/mol. The van der Waals surface area contributed by atoms with E-state index in [2.05, 4.69) is 4.74 Å². The fourth-order valence-corrected chi connectivity index (χ4v) is 3.93. The fourth-order valence-electron chi connectivity index (χ4n) is 3.93. The van der Waals surface area contributed by atoms with Gasteiger partial charge in [0.05, 0.1) is 6.61 Å². The maximum absolute atomic E-state index is 15.1. The Kier molecular flexibility index (Phi) is 7.03. The van der Waals surface area contributed by atoms with Gasteiger partial charge in [-0.15, -0.1) is 13.2 Å². The Balaban J connectivity index is 1.53. The van der Waals surface area contributed by atoms with Gasteiger partial charge in [0.2, 0.25) is 0 Å². The third-order valence-electron chi connectivity index (χ3n) is 5.59. The molecule has 0 bridgehead atoms. The second-order valence-corrected chi connectivity index (χ2v) is 8.03. The Bertz CT molecular complexity index is 1360. The molecule has 0 saturated carbocycles. The minimum absolute atomic E-state index is 0.206. The number of benzene rings is 4. The summed E-state index contributed by atoms with van der Waals surface area (Å²) >= 11 is 0. The van der Waals surface area contributed by atoms with Crippen LogP contribution in [0.15, 0.2) is 66.7 Å². The van der Waals surface area contributed by atoms with Crippen LogP contribution in [0, 0.1) is 17.5 Å². The molecule has 0 heterocycles. The first-order chi connectivity index (χ1) is 16.6. The van der Waals surface area contributed by atoms with Gasteiger partial charge in [-0.05, 0) is 64.7 Å². The molecule has 8 heteroatoms. The van der Waals surface area contributed by atoms with Gasteiger partial charge < -0.3 is 9.47 Å². The Morgan fingerprint density at radius 1 is 0.743 bits per heavy atom. The fraction of sp³-hybridized carbons (Fsp3) is 0.185. The number of alkyl halides is 3. The largest absolute Gasteiger partial charge is 0.573 e. The van der Waals surface area contributed by atoms with Gasteiger partial charge in [-0.25, -0.2) is 13.2 Å². The lowest BCUT2D eigenvalue weighted by atomic mass is 9.96. The van der Waals surface area contributed by atoms with Crippen molar-refractivity contribution in [2.24, 2.45) is 0 Å². The molecule has 0 aromatic heterocycles. The summed E-state index contributed by atoms with van der Waals surface area (Å²) in [6, 6.07) is 16.2. The van der Waals surface area contributed by atoms with Crippen LogP contribution in [0.3, 0.4) is 0 Å². The highest BCUT2D eigenvalue weighted by Gasteiger charge is 2.32. The van der Waals surface area contributed by atoms with Gasteiger partial charge in [0, 0.05) is 18.1 Å².